The third-order valence-corrected chi connectivity index (χ3v) is 6.10. The number of likely N-dealkylation sites (tertiary alicyclic amines) is 1. The van der Waals surface area contributed by atoms with E-state index in [2.05, 4.69) is 15.6 Å². The number of nitrogens with zero attached hydrogens (tertiary/aromatic N) is 4. The summed E-state index contributed by atoms with van der Waals surface area (Å²) >= 11 is 0. The molecule has 1 saturated carbocycles. The van der Waals surface area contributed by atoms with Crippen LogP contribution < -0.4 is 5.32 Å². The van der Waals surface area contributed by atoms with E-state index < -0.39 is 5.60 Å². The molecule has 2 aromatic rings. The molecule has 1 aromatic carbocycles. The van der Waals surface area contributed by atoms with E-state index in [9.17, 15) is 9.59 Å². The standard InChI is InChI=1S/C21H25N5O3/c27-19(15-7-8-15)22-11-17-18-12-29-21(14-26(18)24-23-17)9-4-10-25(13-21)20(28)16-5-2-1-3-6-16/h1-3,5-6,15H,4,7-14H2,(H,22,27). The lowest BCUT2D eigenvalue weighted by atomic mass is 9.90. The highest BCUT2D eigenvalue weighted by atomic mass is 16.5. The summed E-state index contributed by atoms with van der Waals surface area (Å²) < 4.78 is 8.19. The summed E-state index contributed by atoms with van der Waals surface area (Å²) in [5.41, 5.74) is 1.95. The minimum Gasteiger partial charge on any atom is -0.365 e. The van der Waals surface area contributed by atoms with E-state index in [-0.39, 0.29) is 17.7 Å². The van der Waals surface area contributed by atoms with Gasteiger partial charge in [0.25, 0.3) is 5.91 Å². The number of hydrogen-bond acceptors (Lipinski definition) is 5. The summed E-state index contributed by atoms with van der Waals surface area (Å²) in [6.07, 6.45) is 3.75. The second-order valence-corrected chi connectivity index (χ2v) is 8.30. The van der Waals surface area contributed by atoms with Gasteiger partial charge in [0, 0.05) is 18.0 Å². The maximum absolute atomic E-state index is 12.9. The Labute approximate surface area is 169 Å². The third-order valence-electron chi connectivity index (χ3n) is 6.10. The number of piperidine rings is 1. The van der Waals surface area contributed by atoms with Gasteiger partial charge in [-0.3, -0.25) is 9.59 Å². The zero-order valence-electron chi connectivity index (χ0n) is 16.3. The molecule has 0 radical (unpaired) electrons. The molecule has 1 unspecified atom stereocenters. The first kappa shape index (κ1) is 18.3. The SMILES string of the molecule is O=C(NCc1nnn2c1COC1(CCCN(C(=O)c3ccccc3)C1)C2)C1CC1. The molecular weight excluding hydrogens is 370 g/mol. The van der Waals surface area contributed by atoms with Crippen LogP contribution >= 0.6 is 0 Å². The summed E-state index contributed by atoms with van der Waals surface area (Å²) in [6.45, 7) is 2.65. The predicted molar refractivity (Wildman–Crippen MR) is 104 cm³/mol. The van der Waals surface area contributed by atoms with Gasteiger partial charge >= 0.3 is 0 Å². The Morgan fingerprint density at radius 2 is 2.03 bits per heavy atom. The summed E-state index contributed by atoms with van der Waals surface area (Å²) in [4.78, 5) is 26.7. The van der Waals surface area contributed by atoms with Crippen LogP contribution in [0.3, 0.4) is 0 Å². The summed E-state index contributed by atoms with van der Waals surface area (Å²) in [5, 5.41) is 11.5. The van der Waals surface area contributed by atoms with Crippen LogP contribution in [0.1, 0.15) is 47.4 Å². The second kappa shape index (κ2) is 7.26. The molecule has 1 spiro atoms. The highest BCUT2D eigenvalue weighted by Crippen LogP contribution is 2.33. The molecule has 1 N–H and O–H groups in total. The van der Waals surface area contributed by atoms with E-state index in [4.69, 9.17) is 4.74 Å². The number of aromatic nitrogens is 3. The lowest BCUT2D eigenvalue weighted by Gasteiger charge is -2.44. The highest BCUT2D eigenvalue weighted by molar-refractivity contribution is 5.94. The molecule has 3 heterocycles. The Bertz CT molecular complexity index is 924. The first-order valence-corrected chi connectivity index (χ1v) is 10.3. The average molecular weight is 395 g/mol. The fourth-order valence-electron chi connectivity index (χ4n) is 4.27. The van der Waals surface area contributed by atoms with Crippen molar-refractivity contribution in [2.75, 3.05) is 13.1 Å². The van der Waals surface area contributed by atoms with Gasteiger partial charge in [-0.05, 0) is 37.8 Å². The van der Waals surface area contributed by atoms with Gasteiger partial charge < -0.3 is 15.0 Å². The van der Waals surface area contributed by atoms with Crippen molar-refractivity contribution in [3.63, 3.8) is 0 Å². The molecule has 5 rings (SSSR count). The van der Waals surface area contributed by atoms with E-state index >= 15 is 0 Å². The van der Waals surface area contributed by atoms with Crippen LogP contribution in [0.25, 0.3) is 0 Å². The molecule has 2 amide bonds. The van der Waals surface area contributed by atoms with Crippen LogP contribution in [0.4, 0.5) is 0 Å². The molecule has 1 atom stereocenters. The molecule has 2 fully saturated rings. The van der Waals surface area contributed by atoms with Crippen molar-refractivity contribution in [2.24, 2.45) is 5.92 Å². The van der Waals surface area contributed by atoms with Gasteiger partial charge in [-0.25, -0.2) is 4.68 Å². The first-order chi connectivity index (χ1) is 14.1. The number of carbonyl (C=O) groups is 2. The number of nitrogens with one attached hydrogen (secondary N) is 1. The minimum atomic E-state index is -0.433. The van der Waals surface area contributed by atoms with Gasteiger partial charge in [-0.15, -0.1) is 5.10 Å². The quantitative estimate of drug-likeness (QED) is 0.848. The third kappa shape index (κ3) is 3.64. The molecule has 2 aliphatic heterocycles. The van der Waals surface area contributed by atoms with Crippen molar-refractivity contribution >= 4 is 11.8 Å². The van der Waals surface area contributed by atoms with Gasteiger partial charge in [-0.2, -0.15) is 0 Å². The van der Waals surface area contributed by atoms with Gasteiger partial charge in [0.2, 0.25) is 5.91 Å². The van der Waals surface area contributed by atoms with Gasteiger partial charge in [0.05, 0.1) is 31.9 Å². The van der Waals surface area contributed by atoms with E-state index in [0.29, 0.717) is 31.8 Å². The van der Waals surface area contributed by atoms with Crippen molar-refractivity contribution in [3.8, 4) is 0 Å². The van der Waals surface area contributed by atoms with Crippen molar-refractivity contribution in [2.45, 2.75) is 51.0 Å². The number of carbonyl (C=O) groups excluding carboxylic acids is 2. The van der Waals surface area contributed by atoms with Crippen molar-refractivity contribution in [1.29, 1.82) is 0 Å². The molecular formula is C21H25N5O3. The van der Waals surface area contributed by atoms with Crippen LogP contribution in [-0.2, 0) is 29.2 Å². The second-order valence-electron chi connectivity index (χ2n) is 8.30. The molecule has 8 heteroatoms. The largest absolute Gasteiger partial charge is 0.365 e. The molecule has 29 heavy (non-hydrogen) atoms. The monoisotopic (exact) mass is 395 g/mol. The van der Waals surface area contributed by atoms with Gasteiger partial charge in [0.15, 0.2) is 0 Å². The van der Waals surface area contributed by atoms with E-state index in [1.165, 1.54) is 0 Å². The maximum Gasteiger partial charge on any atom is 0.253 e. The van der Waals surface area contributed by atoms with Crippen molar-refractivity contribution < 1.29 is 14.3 Å². The molecule has 1 aliphatic carbocycles. The number of rotatable bonds is 4. The Morgan fingerprint density at radius 3 is 2.83 bits per heavy atom. The highest BCUT2D eigenvalue weighted by Gasteiger charge is 2.42. The number of hydrogen-bond donors (Lipinski definition) is 1. The smallest absolute Gasteiger partial charge is 0.253 e. The summed E-state index contributed by atoms with van der Waals surface area (Å²) in [7, 11) is 0. The lowest BCUT2D eigenvalue weighted by Crippen LogP contribution is -2.55. The van der Waals surface area contributed by atoms with E-state index in [0.717, 1.165) is 43.6 Å². The Morgan fingerprint density at radius 1 is 1.21 bits per heavy atom. The zero-order chi connectivity index (χ0) is 19.8. The number of amides is 2. The number of benzene rings is 1. The predicted octanol–water partition coefficient (Wildman–Crippen LogP) is 1.51. The van der Waals surface area contributed by atoms with Crippen molar-refractivity contribution in [3.05, 3.63) is 47.3 Å². The van der Waals surface area contributed by atoms with Crippen molar-refractivity contribution in [1.82, 2.24) is 25.2 Å². The molecule has 152 valence electrons. The fourth-order valence-corrected chi connectivity index (χ4v) is 4.27. The number of fused-ring (bicyclic) bond motifs is 1. The Hall–Kier alpha value is -2.74. The molecule has 0 bridgehead atoms. The molecule has 3 aliphatic rings. The maximum atomic E-state index is 12.9. The summed E-state index contributed by atoms with van der Waals surface area (Å²) in [5.74, 6) is 0.319. The minimum absolute atomic E-state index is 0.0427. The van der Waals surface area contributed by atoms with Crippen LogP contribution in [0.5, 0.6) is 0 Å². The van der Waals surface area contributed by atoms with Crippen LogP contribution in [-0.4, -0.2) is 50.4 Å². The topological polar surface area (TPSA) is 89.3 Å². The lowest BCUT2D eigenvalue weighted by molar-refractivity contribution is -0.123. The van der Waals surface area contributed by atoms with E-state index in [1.54, 1.807) is 0 Å². The molecule has 1 aromatic heterocycles. The van der Waals surface area contributed by atoms with Crippen LogP contribution in [0, 0.1) is 5.92 Å². The normalized spacial score (nSPS) is 23.7. The number of ether oxygens (including phenoxy) is 1. The fraction of sp³-hybridized carbons (Fsp3) is 0.524. The average Bonchev–Trinajstić information content (AvgIpc) is 3.53. The zero-order valence-corrected chi connectivity index (χ0v) is 16.3. The first-order valence-electron chi connectivity index (χ1n) is 10.3. The Balaban J connectivity index is 1.27. The molecule has 1 saturated heterocycles. The van der Waals surface area contributed by atoms with E-state index in [1.807, 2.05) is 39.9 Å². The van der Waals surface area contributed by atoms with Crippen LogP contribution in [0.2, 0.25) is 0 Å². The van der Waals surface area contributed by atoms with Gasteiger partial charge in [-0.1, -0.05) is 23.4 Å². The molecule has 8 nitrogen and oxygen atoms in total. The Kier molecular flexibility index (Phi) is 4.58. The van der Waals surface area contributed by atoms with Crippen LogP contribution in [0.15, 0.2) is 30.3 Å². The van der Waals surface area contributed by atoms with Gasteiger partial charge in [0.1, 0.15) is 11.3 Å². The summed E-state index contributed by atoms with van der Waals surface area (Å²) in [6, 6.07) is 9.38.